The molecule has 1 aliphatic heterocycles. The molecule has 7 rings (SSSR count). The number of hydrogen-bond donors (Lipinski definition) is 2. The number of rotatable bonds is 4. The Hall–Kier alpha value is -3.13. The number of ether oxygens (including phenoxy) is 1. The van der Waals surface area contributed by atoms with Crippen LogP contribution in [0, 0.1) is 17.8 Å². The molecule has 0 aromatic heterocycles. The molecule has 4 bridgehead atoms. The van der Waals surface area contributed by atoms with Gasteiger partial charge in [-0.15, -0.1) is 0 Å². The lowest BCUT2D eigenvalue weighted by Gasteiger charge is -2.40. The number of carboxylic acid groups (broad SMARTS) is 1. The molecule has 2 N–H and O–H groups in total. The zero-order valence-electron chi connectivity index (χ0n) is 19.6. The molecule has 1 saturated heterocycles. The number of aliphatic imine (C=N–C) groups is 1. The zero-order valence-corrected chi connectivity index (χ0v) is 20.5. The number of benzene rings is 2. The van der Waals surface area contributed by atoms with E-state index in [0.717, 1.165) is 19.3 Å². The number of sulfonamides is 1. The van der Waals surface area contributed by atoms with E-state index in [2.05, 4.69) is 10.8 Å². The van der Waals surface area contributed by atoms with E-state index >= 15 is 0 Å². The van der Waals surface area contributed by atoms with Gasteiger partial charge in [0.25, 0.3) is 6.02 Å². The van der Waals surface area contributed by atoms with Crippen LogP contribution in [-0.4, -0.2) is 37.2 Å². The quantitative estimate of drug-likeness (QED) is 0.610. The van der Waals surface area contributed by atoms with Crippen LogP contribution in [0.15, 0.2) is 65.2 Å². The van der Waals surface area contributed by atoms with Crippen molar-refractivity contribution in [2.75, 3.05) is 0 Å². The van der Waals surface area contributed by atoms with Gasteiger partial charge in [-0.25, -0.2) is 22.9 Å². The lowest BCUT2D eigenvalue weighted by molar-refractivity contribution is 0.0696. The third kappa shape index (κ3) is 3.66. The fraction of sp³-hybridized carbons (Fsp3) is 0.407. The van der Waals surface area contributed by atoms with Gasteiger partial charge in [-0.3, -0.25) is 0 Å². The molecule has 5 atom stereocenters. The third-order valence-electron chi connectivity index (χ3n) is 7.96. The molecule has 0 radical (unpaired) electrons. The molecular weight excluding hydrogens is 464 g/mol. The van der Waals surface area contributed by atoms with Crippen LogP contribution in [0.3, 0.4) is 0 Å². The van der Waals surface area contributed by atoms with E-state index < -0.39 is 26.8 Å². The Morgan fingerprint density at radius 1 is 1.11 bits per heavy atom. The van der Waals surface area contributed by atoms with Crippen LogP contribution in [0.5, 0.6) is 0 Å². The molecule has 2 aromatic rings. The minimum atomic E-state index is -3.82. The normalized spacial score (nSPS) is 32.7. The average Bonchev–Trinajstić information content (AvgIpc) is 3.20. The molecule has 7 nitrogen and oxygen atoms in total. The van der Waals surface area contributed by atoms with Gasteiger partial charge in [-0.2, -0.15) is 0 Å². The fourth-order valence-electron chi connectivity index (χ4n) is 6.68. The molecule has 4 aliphatic carbocycles. The fourth-order valence-corrected chi connectivity index (χ4v) is 8.45. The summed E-state index contributed by atoms with van der Waals surface area (Å²) in [5, 5.41) is 8.55. The van der Waals surface area contributed by atoms with E-state index in [1.165, 1.54) is 5.57 Å². The summed E-state index contributed by atoms with van der Waals surface area (Å²) in [6.45, 7) is 3.54. The molecule has 2 aromatic carbocycles. The highest BCUT2D eigenvalue weighted by Crippen LogP contribution is 2.55. The second-order valence-corrected chi connectivity index (χ2v) is 12.4. The Balaban J connectivity index is 1.28. The maximum Gasteiger partial charge on any atom is 0.336 e. The van der Waals surface area contributed by atoms with Crippen molar-refractivity contribution >= 4 is 22.0 Å². The first-order chi connectivity index (χ1) is 16.6. The highest BCUT2D eigenvalue weighted by molar-refractivity contribution is 7.90. The maximum atomic E-state index is 13.4. The van der Waals surface area contributed by atoms with Crippen molar-refractivity contribution in [1.29, 1.82) is 0 Å². The SMILES string of the molecule is CC1(C)OC(=NC2C3CC4=CC(C3)CC42)NS(=O)(=O)[C@H]1c1ccc(-c2ccccc2C(=O)O)cc1. The largest absolute Gasteiger partial charge is 0.478 e. The molecule has 4 unspecified atom stereocenters. The standard InChI is InChI=1S/C27H28N2O5S/c1-27(2)24(17-9-7-16(8-10-17)20-5-3-4-6-21(20)25(30)31)35(32,33)29-26(34-27)28-23-19-12-15-11-18(14-19)22(23)13-15/h3-11,15,19,22-24H,12-14H2,1-2H3,(H,28,29)(H,30,31)/t15?,19?,22?,23?,24-/m0/s1. The lowest BCUT2D eigenvalue weighted by atomic mass is 9.80. The summed E-state index contributed by atoms with van der Waals surface area (Å²) in [6, 6.07) is 13.9. The highest BCUT2D eigenvalue weighted by atomic mass is 32.2. The topological polar surface area (TPSA) is 105 Å². The van der Waals surface area contributed by atoms with Gasteiger partial charge in [0.15, 0.2) is 0 Å². The number of hydrogen-bond acceptors (Lipinski definition) is 5. The second kappa shape index (κ2) is 7.68. The average molecular weight is 493 g/mol. The van der Waals surface area contributed by atoms with Crippen LogP contribution >= 0.6 is 0 Å². The van der Waals surface area contributed by atoms with Crippen LogP contribution in [0.25, 0.3) is 11.1 Å². The molecule has 3 fully saturated rings. The van der Waals surface area contributed by atoms with Crippen molar-refractivity contribution in [3.8, 4) is 11.1 Å². The van der Waals surface area contributed by atoms with Gasteiger partial charge in [0.1, 0.15) is 10.9 Å². The number of nitrogens with zero attached hydrogens (tertiary/aromatic N) is 1. The zero-order chi connectivity index (χ0) is 24.5. The van der Waals surface area contributed by atoms with Crippen molar-refractivity contribution < 1.29 is 23.1 Å². The summed E-state index contributed by atoms with van der Waals surface area (Å²) in [5.74, 6) is 0.549. The van der Waals surface area contributed by atoms with E-state index in [9.17, 15) is 18.3 Å². The van der Waals surface area contributed by atoms with Gasteiger partial charge in [-0.05, 0) is 67.7 Å². The molecule has 0 amide bonds. The third-order valence-corrected chi connectivity index (χ3v) is 9.88. The molecule has 0 spiro atoms. The number of aromatic carboxylic acids is 1. The van der Waals surface area contributed by atoms with Gasteiger partial charge >= 0.3 is 5.97 Å². The molecule has 1 heterocycles. The Morgan fingerprint density at radius 2 is 1.86 bits per heavy atom. The van der Waals surface area contributed by atoms with Crippen LogP contribution in [0.4, 0.5) is 0 Å². The summed E-state index contributed by atoms with van der Waals surface area (Å²) >= 11 is 0. The van der Waals surface area contributed by atoms with Crippen LogP contribution in [0.2, 0.25) is 0 Å². The van der Waals surface area contributed by atoms with Gasteiger partial charge in [0.2, 0.25) is 10.0 Å². The van der Waals surface area contributed by atoms with Gasteiger partial charge in [0, 0.05) is 5.92 Å². The van der Waals surface area contributed by atoms with Crippen molar-refractivity contribution in [2.45, 2.75) is 50.0 Å². The van der Waals surface area contributed by atoms with Crippen molar-refractivity contribution in [3.05, 3.63) is 71.3 Å². The smallest absolute Gasteiger partial charge is 0.336 e. The Kier molecular flexibility index (Phi) is 4.90. The monoisotopic (exact) mass is 492 g/mol. The second-order valence-electron chi connectivity index (χ2n) is 10.7. The summed E-state index contributed by atoms with van der Waals surface area (Å²) in [7, 11) is -3.82. The van der Waals surface area contributed by atoms with Gasteiger partial charge < -0.3 is 9.84 Å². The first-order valence-electron chi connectivity index (χ1n) is 12.0. The number of carboxylic acids is 1. The van der Waals surface area contributed by atoms with Crippen molar-refractivity contribution in [3.63, 3.8) is 0 Å². The molecule has 8 heteroatoms. The Labute approximate surface area is 205 Å². The molecule has 5 aliphatic rings. The summed E-state index contributed by atoms with van der Waals surface area (Å²) in [6.07, 6.45) is 5.70. The van der Waals surface area contributed by atoms with Crippen molar-refractivity contribution in [2.24, 2.45) is 22.7 Å². The minimum Gasteiger partial charge on any atom is -0.478 e. The number of amidine groups is 1. The van der Waals surface area contributed by atoms with Crippen molar-refractivity contribution in [1.82, 2.24) is 4.72 Å². The minimum absolute atomic E-state index is 0.0821. The predicted octanol–water partition coefficient (Wildman–Crippen LogP) is 4.53. The number of allylic oxidation sites excluding steroid dienone is 1. The van der Waals surface area contributed by atoms with Gasteiger partial charge in [-0.1, -0.05) is 54.1 Å². The van der Waals surface area contributed by atoms with E-state index in [1.54, 1.807) is 62.4 Å². The van der Waals surface area contributed by atoms with E-state index in [0.29, 0.717) is 34.4 Å². The van der Waals surface area contributed by atoms with E-state index in [4.69, 9.17) is 9.73 Å². The van der Waals surface area contributed by atoms with Crippen LogP contribution in [0.1, 0.15) is 54.3 Å². The maximum absolute atomic E-state index is 13.4. The lowest BCUT2D eigenvalue weighted by Crippen LogP contribution is -2.54. The predicted molar refractivity (Wildman–Crippen MR) is 132 cm³/mol. The summed E-state index contributed by atoms with van der Waals surface area (Å²) < 4.78 is 35.7. The highest BCUT2D eigenvalue weighted by Gasteiger charge is 2.52. The number of carbonyl (C=O) groups is 1. The molecule has 182 valence electrons. The van der Waals surface area contributed by atoms with E-state index in [-0.39, 0.29) is 17.6 Å². The summed E-state index contributed by atoms with van der Waals surface area (Å²) in [5.41, 5.74) is 2.49. The van der Waals surface area contributed by atoms with Crippen LogP contribution in [-0.2, 0) is 14.8 Å². The Morgan fingerprint density at radius 3 is 2.54 bits per heavy atom. The molecule has 35 heavy (non-hydrogen) atoms. The molecule has 2 saturated carbocycles. The van der Waals surface area contributed by atoms with Crippen LogP contribution < -0.4 is 4.72 Å². The van der Waals surface area contributed by atoms with E-state index in [1.807, 2.05) is 0 Å². The summed E-state index contributed by atoms with van der Waals surface area (Å²) in [4.78, 5) is 16.4. The number of nitrogens with one attached hydrogen (secondary N) is 1. The first kappa shape index (κ1) is 22.3. The van der Waals surface area contributed by atoms with Gasteiger partial charge in [0.05, 0.1) is 11.6 Å². The first-order valence-corrected chi connectivity index (χ1v) is 13.6. The Bertz CT molecular complexity index is 1380. The molecular formula is C27H28N2O5S.